The molecule has 0 saturated carbocycles. The summed E-state index contributed by atoms with van der Waals surface area (Å²) in [6, 6.07) is 11.9. The lowest BCUT2D eigenvalue weighted by Crippen LogP contribution is -2.50. The Morgan fingerprint density at radius 2 is 1.75 bits per heavy atom. The Hall–Kier alpha value is -3.42. The fourth-order valence-corrected chi connectivity index (χ4v) is 3.27. The average Bonchev–Trinajstić information content (AvgIpc) is 3.23. The molecule has 3 aromatic rings. The van der Waals surface area contributed by atoms with Gasteiger partial charge in [-0.15, -0.1) is 0 Å². The van der Waals surface area contributed by atoms with Crippen molar-refractivity contribution in [3.8, 4) is 0 Å². The van der Waals surface area contributed by atoms with Crippen LogP contribution in [0.25, 0.3) is 0 Å². The fourth-order valence-electron chi connectivity index (χ4n) is 3.27. The minimum absolute atomic E-state index is 0.0984. The molecule has 1 fully saturated rings. The Labute approximate surface area is 163 Å². The van der Waals surface area contributed by atoms with Crippen LogP contribution >= 0.6 is 0 Å². The van der Waals surface area contributed by atoms with Crippen molar-refractivity contribution in [3.05, 3.63) is 66.7 Å². The van der Waals surface area contributed by atoms with Crippen molar-refractivity contribution in [1.82, 2.24) is 24.6 Å². The molecule has 1 saturated heterocycles. The monoisotopic (exact) mass is 377 g/mol. The molecule has 3 heterocycles. The van der Waals surface area contributed by atoms with E-state index >= 15 is 0 Å². The van der Waals surface area contributed by atoms with Gasteiger partial charge < -0.3 is 15.1 Å². The first-order chi connectivity index (χ1) is 13.7. The van der Waals surface area contributed by atoms with Crippen molar-refractivity contribution >= 4 is 17.7 Å². The number of piperazine rings is 1. The maximum absolute atomic E-state index is 12.6. The first-order valence-corrected chi connectivity index (χ1v) is 9.38. The highest BCUT2D eigenvalue weighted by Gasteiger charge is 2.23. The SMILES string of the molecule is CC(c1ccccc1)n1cc(NC(=O)N2CCN(c3ncccn3)CC2)cn1. The number of nitrogens with one attached hydrogen (secondary N) is 1. The molecule has 0 bridgehead atoms. The molecule has 8 nitrogen and oxygen atoms in total. The van der Waals surface area contributed by atoms with Crippen LogP contribution in [0.2, 0.25) is 0 Å². The van der Waals surface area contributed by atoms with Gasteiger partial charge in [-0.3, -0.25) is 4.68 Å². The zero-order valence-electron chi connectivity index (χ0n) is 15.8. The minimum atomic E-state index is -0.111. The van der Waals surface area contributed by atoms with Crippen LogP contribution in [0.3, 0.4) is 0 Å². The molecular weight excluding hydrogens is 354 g/mol. The second-order valence-electron chi connectivity index (χ2n) is 6.75. The maximum Gasteiger partial charge on any atom is 0.322 e. The summed E-state index contributed by atoms with van der Waals surface area (Å²) in [6.45, 7) is 4.75. The van der Waals surface area contributed by atoms with Gasteiger partial charge in [-0.2, -0.15) is 5.10 Å². The summed E-state index contributed by atoms with van der Waals surface area (Å²) in [5.74, 6) is 0.707. The third kappa shape index (κ3) is 3.95. The minimum Gasteiger partial charge on any atom is -0.337 e. The summed E-state index contributed by atoms with van der Waals surface area (Å²) >= 11 is 0. The van der Waals surface area contributed by atoms with Gasteiger partial charge in [0, 0.05) is 44.8 Å². The van der Waals surface area contributed by atoms with Gasteiger partial charge >= 0.3 is 6.03 Å². The van der Waals surface area contributed by atoms with Gasteiger partial charge in [0.25, 0.3) is 0 Å². The number of urea groups is 1. The van der Waals surface area contributed by atoms with Gasteiger partial charge in [0.05, 0.1) is 17.9 Å². The topological polar surface area (TPSA) is 79.2 Å². The molecule has 1 N–H and O–H groups in total. The summed E-state index contributed by atoms with van der Waals surface area (Å²) in [5.41, 5.74) is 1.87. The van der Waals surface area contributed by atoms with Gasteiger partial charge in [-0.05, 0) is 18.6 Å². The summed E-state index contributed by atoms with van der Waals surface area (Å²) in [4.78, 5) is 25.0. The quantitative estimate of drug-likeness (QED) is 0.756. The lowest BCUT2D eigenvalue weighted by atomic mass is 10.1. The van der Waals surface area contributed by atoms with Crippen molar-refractivity contribution in [3.63, 3.8) is 0 Å². The molecule has 8 heteroatoms. The van der Waals surface area contributed by atoms with E-state index in [-0.39, 0.29) is 12.1 Å². The van der Waals surface area contributed by atoms with E-state index < -0.39 is 0 Å². The van der Waals surface area contributed by atoms with Crippen LogP contribution in [-0.2, 0) is 0 Å². The summed E-state index contributed by atoms with van der Waals surface area (Å²) in [5, 5.41) is 7.35. The summed E-state index contributed by atoms with van der Waals surface area (Å²) < 4.78 is 1.86. The number of carbonyl (C=O) groups excluding carboxylic acids is 1. The number of rotatable bonds is 4. The van der Waals surface area contributed by atoms with Crippen LogP contribution < -0.4 is 10.2 Å². The normalized spacial score (nSPS) is 15.3. The zero-order valence-corrected chi connectivity index (χ0v) is 15.8. The van der Waals surface area contributed by atoms with Crippen LogP contribution in [0.5, 0.6) is 0 Å². The van der Waals surface area contributed by atoms with Crippen LogP contribution in [0.4, 0.5) is 16.4 Å². The number of carbonyl (C=O) groups is 1. The molecule has 4 rings (SSSR count). The van der Waals surface area contributed by atoms with Crippen LogP contribution in [-0.4, -0.2) is 56.9 Å². The molecule has 144 valence electrons. The van der Waals surface area contributed by atoms with Gasteiger partial charge in [-0.1, -0.05) is 30.3 Å². The Kier molecular flexibility index (Phi) is 5.18. The second kappa shape index (κ2) is 8.08. The Morgan fingerprint density at radius 1 is 1.04 bits per heavy atom. The largest absolute Gasteiger partial charge is 0.337 e. The predicted molar refractivity (Wildman–Crippen MR) is 107 cm³/mol. The molecular formula is C20H23N7O. The third-order valence-corrected chi connectivity index (χ3v) is 4.93. The van der Waals surface area contributed by atoms with E-state index in [2.05, 4.69) is 44.3 Å². The highest BCUT2D eigenvalue weighted by atomic mass is 16.2. The average molecular weight is 377 g/mol. The predicted octanol–water partition coefficient (Wildman–Crippen LogP) is 2.64. The van der Waals surface area contributed by atoms with Crippen LogP contribution in [0.15, 0.2) is 61.2 Å². The number of hydrogen-bond acceptors (Lipinski definition) is 5. The lowest BCUT2D eigenvalue weighted by molar-refractivity contribution is 0.208. The fraction of sp³-hybridized carbons (Fsp3) is 0.300. The van der Waals surface area contributed by atoms with Crippen molar-refractivity contribution in [2.75, 3.05) is 36.4 Å². The standard InChI is InChI=1S/C20H23N7O/c1-16(17-6-3-2-4-7-17)27-15-18(14-23-27)24-20(28)26-12-10-25(11-13-26)19-21-8-5-9-22-19/h2-9,14-16H,10-13H2,1H3,(H,24,28). The van der Waals surface area contributed by atoms with Gasteiger partial charge in [0.15, 0.2) is 0 Å². The molecule has 0 spiro atoms. The Balaban J connectivity index is 1.33. The van der Waals surface area contributed by atoms with Gasteiger partial charge in [0.1, 0.15) is 0 Å². The smallest absolute Gasteiger partial charge is 0.322 e. The molecule has 2 amide bonds. The molecule has 1 unspecified atom stereocenters. The van der Waals surface area contributed by atoms with Crippen molar-refractivity contribution < 1.29 is 4.79 Å². The molecule has 28 heavy (non-hydrogen) atoms. The molecule has 0 aliphatic carbocycles. The van der Waals surface area contributed by atoms with Gasteiger partial charge in [-0.25, -0.2) is 14.8 Å². The number of nitrogens with zero attached hydrogens (tertiary/aromatic N) is 6. The van der Waals surface area contributed by atoms with E-state index in [0.717, 1.165) is 0 Å². The highest BCUT2D eigenvalue weighted by molar-refractivity contribution is 5.89. The number of aromatic nitrogens is 4. The van der Waals surface area contributed by atoms with Crippen molar-refractivity contribution in [2.24, 2.45) is 0 Å². The third-order valence-electron chi connectivity index (χ3n) is 4.93. The van der Waals surface area contributed by atoms with E-state index in [1.807, 2.05) is 29.1 Å². The molecule has 1 aliphatic heterocycles. The number of anilines is 2. The van der Waals surface area contributed by atoms with Crippen LogP contribution in [0.1, 0.15) is 18.5 Å². The van der Waals surface area contributed by atoms with Crippen molar-refractivity contribution in [2.45, 2.75) is 13.0 Å². The molecule has 0 radical (unpaired) electrons. The van der Waals surface area contributed by atoms with E-state index in [1.165, 1.54) is 5.56 Å². The van der Waals surface area contributed by atoms with Gasteiger partial charge in [0.2, 0.25) is 5.95 Å². The van der Waals surface area contributed by atoms with E-state index in [4.69, 9.17) is 0 Å². The first-order valence-electron chi connectivity index (χ1n) is 9.38. The van der Waals surface area contributed by atoms with E-state index in [1.54, 1.807) is 29.6 Å². The molecule has 1 aliphatic rings. The maximum atomic E-state index is 12.6. The zero-order chi connectivity index (χ0) is 19.3. The first kappa shape index (κ1) is 18.0. The number of hydrogen-bond donors (Lipinski definition) is 1. The van der Waals surface area contributed by atoms with E-state index in [0.29, 0.717) is 37.8 Å². The number of amides is 2. The molecule has 1 aromatic carbocycles. The summed E-state index contributed by atoms with van der Waals surface area (Å²) in [6.07, 6.45) is 7.01. The number of benzene rings is 1. The summed E-state index contributed by atoms with van der Waals surface area (Å²) in [7, 11) is 0. The Bertz CT molecular complexity index is 905. The molecule has 1 atom stereocenters. The second-order valence-corrected chi connectivity index (χ2v) is 6.75. The lowest BCUT2D eigenvalue weighted by Gasteiger charge is -2.34. The molecule has 2 aromatic heterocycles. The van der Waals surface area contributed by atoms with Crippen LogP contribution in [0, 0.1) is 0 Å². The van der Waals surface area contributed by atoms with E-state index in [9.17, 15) is 4.79 Å². The van der Waals surface area contributed by atoms with Crippen molar-refractivity contribution in [1.29, 1.82) is 0 Å². The Morgan fingerprint density at radius 3 is 2.46 bits per heavy atom. The highest BCUT2D eigenvalue weighted by Crippen LogP contribution is 2.19.